The number of para-hydroxylation sites is 2. The van der Waals surface area contributed by atoms with Crippen LogP contribution in [0.15, 0.2) is 86.8 Å². The van der Waals surface area contributed by atoms with Gasteiger partial charge in [0.25, 0.3) is 5.69 Å². The number of nitrogens with zero attached hydrogens (tertiary/aromatic N) is 5. The van der Waals surface area contributed by atoms with Crippen molar-refractivity contribution in [1.29, 1.82) is 0 Å². The van der Waals surface area contributed by atoms with Crippen LogP contribution >= 0.6 is 11.3 Å². The Hall–Kier alpha value is -4.02. The zero-order valence-electron chi connectivity index (χ0n) is 18.1. The molecular weight excluding hydrogens is 454 g/mol. The van der Waals surface area contributed by atoms with Crippen LogP contribution in [0.5, 0.6) is 0 Å². The average molecular weight is 476 g/mol. The van der Waals surface area contributed by atoms with Crippen molar-refractivity contribution in [1.82, 2.24) is 4.68 Å². The zero-order chi connectivity index (χ0) is 23.3. The van der Waals surface area contributed by atoms with Crippen molar-refractivity contribution >= 4 is 34.6 Å². The number of benzene rings is 2. The van der Waals surface area contributed by atoms with Crippen molar-refractivity contribution in [3.8, 4) is 11.5 Å². The lowest BCUT2D eigenvalue weighted by atomic mass is 10.2. The monoisotopic (exact) mass is 475 g/mol. The first-order valence-corrected chi connectivity index (χ1v) is 11.6. The highest BCUT2D eigenvalue weighted by Gasteiger charge is 2.15. The van der Waals surface area contributed by atoms with Crippen LogP contribution in [0.3, 0.4) is 0 Å². The Balaban J connectivity index is 1.51. The van der Waals surface area contributed by atoms with Crippen LogP contribution in [0.1, 0.15) is 5.56 Å². The van der Waals surface area contributed by atoms with E-state index in [0.29, 0.717) is 16.3 Å². The molecule has 1 aliphatic rings. The largest absolute Gasteiger partial charge is 0.463 e. The molecule has 0 bridgehead atoms. The number of anilines is 1. The summed E-state index contributed by atoms with van der Waals surface area (Å²) >= 11 is 1.33. The summed E-state index contributed by atoms with van der Waals surface area (Å²) < 4.78 is 12.6. The molecule has 3 heterocycles. The van der Waals surface area contributed by atoms with Crippen LogP contribution < -0.4 is 9.70 Å². The molecule has 5 rings (SSSR count). The minimum atomic E-state index is -0.441. The van der Waals surface area contributed by atoms with E-state index in [1.165, 1.54) is 17.4 Å². The standard InChI is InChI=1S/C24H21N5O4S/c30-29(31)21-5-2-1-4-20(21)26-24-28(22(17-34-24)23-6-3-13-33-23)25-16-18-7-9-19(10-8-18)27-11-14-32-15-12-27/h1-10,13,16-17H,11-12,14-15H2. The predicted octanol–water partition coefficient (Wildman–Crippen LogP) is 4.67. The summed E-state index contributed by atoms with van der Waals surface area (Å²) in [6, 6.07) is 18.2. The zero-order valence-corrected chi connectivity index (χ0v) is 18.9. The number of morpholine rings is 1. The first-order chi connectivity index (χ1) is 16.7. The Bertz CT molecular complexity index is 1370. The predicted molar refractivity (Wildman–Crippen MR) is 131 cm³/mol. The minimum absolute atomic E-state index is 0.0651. The number of nitro groups is 1. The topological polar surface area (TPSA) is 98.4 Å². The fourth-order valence-corrected chi connectivity index (χ4v) is 4.45. The van der Waals surface area contributed by atoms with Crippen LogP contribution in [0.2, 0.25) is 0 Å². The third kappa shape index (κ3) is 4.68. The average Bonchev–Trinajstić information content (AvgIpc) is 3.54. The number of hydrogen-bond acceptors (Lipinski definition) is 8. The molecule has 0 aliphatic carbocycles. The smallest absolute Gasteiger partial charge is 0.294 e. The second kappa shape index (κ2) is 9.86. The number of furan rings is 1. The van der Waals surface area contributed by atoms with E-state index in [1.807, 2.05) is 23.6 Å². The molecule has 10 heteroatoms. The third-order valence-corrected chi connectivity index (χ3v) is 6.16. The summed E-state index contributed by atoms with van der Waals surface area (Å²) in [7, 11) is 0. The number of hydrogen-bond donors (Lipinski definition) is 0. The number of aromatic nitrogens is 1. The van der Waals surface area contributed by atoms with Gasteiger partial charge in [-0.1, -0.05) is 24.3 Å². The van der Waals surface area contributed by atoms with E-state index in [0.717, 1.165) is 37.6 Å². The number of thiazole rings is 1. The van der Waals surface area contributed by atoms with Gasteiger partial charge in [-0.05, 0) is 35.9 Å². The summed E-state index contributed by atoms with van der Waals surface area (Å²) in [4.78, 5) is 18.3. The molecule has 1 fully saturated rings. The van der Waals surface area contributed by atoms with E-state index in [1.54, 1.807) is 41.4 Å². The fraction of sp³-hybridized carbons (Fsp3) is 0.167. The van der Waals surface area contributed by atoms with Gasteiger partial charge < -0.3 is 14.1 Å². The summed E-state index contributed by atoms with van der Waals surface area (Å²) in [6.07, 6.45) is 3.32. The van der Waals surface area contributed by atoms with Gasteiger partial charge in [0.15, 0.2) is 5.76 Å². The van der Waals surface area contributed by atoms with Crippen molar-refractivity contribution in [3.63, 3.8) is 0 Å². The van der Waals surface area contributed by atoms with Crippen LogP contribution in [0, 0.1) is 10.1 Å². The molecule has 0 radical (unpaired) electrons. The molecular formula is C24H21N5O4S. The number of ether oxygens (including phenoxy) is 1. The Morgan fingerprint density at radius 3 is 2.56 bits per heavy atom. The first-order valence-electron chi connectivity index (χ1n) is 10.7. The summed E-state index contributed by atoms with van der Waals surface area (Å²) in [5, 5.41) is 17.9. The fourth-order valence-electron chi connectivity index (χ4n) is 3.62. The molecule has 34 heavy (non-hydrogen) atoms. The number of nitro benzene ring substituents is 1. The summed E-state index contributed by atoms with van der Waals surface area (Å²) in [5.41, 5.74) is 2.96. The van der Waals surface area contributed by atoms with Crippen molar-refractivity contribution in [2.24, 2.45) is 10.1 Å². The van der Waals surface area contributed by atoms with Gasteiger partial charge in [-0.25, -0.2) is 9.67 Å². The van der Waals surface area contributed by atoms with Crippen molar-refractivity contribution in [2.75, 3.05) is 31.2 Å². The van der Waals surface area contributed by atoms with Crippen LogP contribution in [0.25, 0.3) is 11.5 Å². The molecule has 4 aromatic rings. The van der Waals surface area contributed by atoms with E-state index in [-0.39, 0.29) is 11.4 Å². The molecule has 1 saturated heterocycles. The maximum atomic E-state index is 11.4. The highest BCUT2D eigenvalue weighted by molar-refractivity contribution is 7.07. The van der Waals surface area contributed by atoms with Gasteiger partial charge in [-0.15, -0.1) is 11.3 Å². The van der Waals surface area contributed by atoms with Gasteiger partial charge in [0.1, 0.15) is 11.4 Å². The molecule has 0 atom stereocenters. The van der Waals surface area contributed by atoms with Crippen LogP contribution in [-0.4, -0.2) is 42.1 Å². The Morgan fingerprint density at radius 2 is 1.82 bits per heavy atom. The van der Waals surface area contributed by atoms with Gasteiger partial charge >= 0.3 is 0 Å². The molecule has 172 valence electrons. The quantitative estimate of drug-likeness (QED) is 0.229. The molecule has 0 amide bonds. The van der Waals surface area contributed by atoms with Crippen molar-refractivity contribution in [2.45, 2.75) is 0 Å². The lowest BCUT2D eigenvalue weighted by Gasteiger charge is -2.28. The van der Waals surface area contributed by atoms with Gasteiger partial charge in [0, 0.05) is 30.2 Å². The van der Waals surface area contributed by atoms with Crippen LogP contribution in [-0.2, 0) is 4.74 Å². The SMILES string of the molecule is O=[N+]([O-])c1ccccc1N=c1scc(-c2ccco2)n1N=Cc1ccc(N2CCOCC2)cc1. The summed E-state index contributed by atoms with van der Waals surface area (Å²) in [5.74, 6) is 0.625. The second-order valence-corrected chi connectivity index (χ2v) is 8.32. The molecule has 2 aromatic carbocycles. The highest BCUT2D eigenvalue weighted by Crippen LogP contribution is 2.27. The van der Waals surface area contributed by atoms with Gasteiger partial charge in [0.2, 0.25) is 4.80 Å². The van der Waals surface area contributed by atoms with E-state index in [9.17, 15) is 10.1 Å². The second-order valence-electron chi connectivity index (χ2n) is 7.49. The Kier molecular flexibility index (Phi) is 6.32. The molecule has 0 spiro atoms. The normalized spacial score (nSPS) is 14.7. The van der Waals surface area contributed by atoms with E-state index >= 15 is 0 Å². The van der Waals surface area contributed by atoms with E-state index < -0.39 is 4.92 Å². The molecule has 9 nitrogen and oxygen atoms in total. The van der Waals surface area contributed by atoms with Crippen molar-refractivity contribution in [3.05, 3.63) is 92.8 Å². The summed E-state index contributed by atoms with van der Waals surface area (Å²) in [6.45, 7) is 3.22. The lowest BCUT2D eigenvalue weighted by Crippen LogP contribution is -2.36. The van der Waals surface area contributed by atoms with E-state index in [4.69, 9.17) is 9.15 Å². The van der Waals surface area contributed by atoms with Gasteiger partial charge in [-0.2, -0.15) is 5.10 Å². The first kappa shape index (κ1) is 21.8. The molecule has 2 aromatic heterocycles. The maximum absolute atomic E-state index is 11.4. The molecule has 0 saturated carbocycles. The Labute approximate surface area is 199 Å². The Morgan fingerprint density at radius 1 is 1.03 bits per heavy atom. The molecule has 0 N–H and O–H groups in total. The van der Waals surface area contributed by atoms with Crippen LogP contribution in [0.4, 0.5) is 17.1 Å². The molecule has 0 unspecified atom stereocenters. The van der Waals surface area contributed by atoms with Gasteiger partial charge in [-0.3, -0.25) is 10.1 Å². The molecule has 1 aliphatic heterocycles. The van der Waals surface area contributed by atoms with Crippen molar-refractivity contribution < 1.29 is 14.1 Å². The van der Waals surface area contributed by atoms with E-state index in [2.05, 4.69) is 27.1 Å². The van der Waals surface area contributed by atoms with Gasteiger partial charge in [0.05, 0.1) is 30.6 Å². The lowest BCUT2D eigenvalue weighted by molar-refractivity contribution is -0.384. The minimum Gasteiger partial charge on any atom is -0.463 e. The highest BCUT2D eigenvalue weighted by atomic mass is 32.1. The maximum Gasteiger partial charge on any atom is 0.294 e. The third-order valence-electron chi connectivity index (χ3n) is 5.35. The number of rotatable bonds is 6.